The summed E-state index contributed by atoms with van der Waals surface area (Å²) in [5.41, 5.74) is 1.49. The fraction of sp³-hybridized carbons (Fsp3) is 0.235. The molecule has 0 bridgehead atoms. The van der Waals surface area contributed by atoms with Gasteiger partial charge in [-0.05, 0) is 24.4 Å². The van der Waals surface area contributed by atoms with Crippen LogP contribution >= 0.6 is 0 Å². The summed E-state index contributed by atoms with van der Waals surface area (Å²) in [6, 6.07) is 11.3. The van der Waals surface area contributed by atoms with Crippen molar-refractivity contribution in [3.63, 3.8) is 0 Å². The van der Waals surface area contributed by atoms with Gasteiger partial charge in [0.25, 0.3) is 11.1 Å². The zero-order valence-electron chi connectivity index (χ0n) is 13.3. The highest BCUT2D eigenvalue weighted by atomic mass is 16.2. The van der Waals surface area contributed by atoms with Gasteiger partial charge in [-0.15, -0.1) is 0 Å². The van der Waals surface area contributed by atoms with Gasteiger partial charge in [-0.1, -0.05) is 18.2 Å². The molecule has 3 aromatic rings. The first-order chi connectivity index (χ1) is 11.5. The minimum atomic E-state index is -0.461. The number of nitrogens with one attached hydrogen (secondary N) is 3. The van der Waals surface area contributed by atoms with Crippen molar-refractivity contribution in [3.8, 4) is 0 Å². The van der Waals surface area contributed by atoms with Crippen molar-refractivity contribution < 1.29 is 4.79 Å². The van der Waals surface area contributed by atoms with Gasteiger partial charge in [-0.2, -0.15) is 0 Å². The molecule has 3 rings (SSSR count). The van der Waals surface area contributed by atoms with E-state index in [9.17, 15) is 14.4 Å². The number of nitrogens with zero attached hydrogens (tertiary/aromatic N) is 1. The Morgan fingerprint density at radius 1 is 1.17 bits per heavy atom. The van der Waals surface area contributed by atoms with Gasteiger partial charge < -0.3 is 9.88 Å². The Hall–Kier alpha value is -3.09. The summed E-state index contributed by atoms with van der Waals surface area (Å²) >= 11 is 0. The van der Waals surface area contributed by atoms with E-state index < -0.39 is 11.1 Å². The Kier molecular flexibility index (Phi) is 4.33. The van der Waals surface area contributed by atoms with Crippen molar-refractivity contribution >= 4 is 16.8 Å². The molecule has 0 spiro atoms. The summed E-state index contributed by atoms with van der Waals surface area (Å²) in [4.78, 5) is 34.7. The molecule has 0 saturated carbocycles. The van der Waals surface area contributed by atoms with Crippen LogP contribution in [0.3, 0.4) is 0 Å². The maximum Gasteiger partial charge on any atom is 0.266 e. The first kappa shape index (κ1) is 15.8. The normalized spacial score (nSPS) is 10.9. The van der Waals surface area contributed by atoms with Crippen LogP contribution in [0.15, 0.2) is 46.0 Å². The number of carbonyl (C=O) groups is 1. The van der Waals surface area contributed by atoms with Crippen LogP contribution in [0.5, 0.6) is 0 Å². The van der Waals surface area contributed by atoms with Gasteiger partial charge in [-0.3, -0.25) is 24.6 Å². The second-order valence-corrected chi connectivity index (χ2v) is 5.64. The van der Waals surface area contributed by atoms with Gasteiger partial charge in [0.2, 0.25) is 5.91 Å². The minimum absolute atomic E-state index is 0.120. The van der Waals surface area contributed by atoms with E-state index in [1.807, 2.05) is 25.1 Å². The van der Waals surface area contributed by atoms with Gasteiger partial charge in [0.05, 0.1) is 6.42 Å². The maximum absolute atomic E-state index is 12.0. The molecule has 7 heteroatoms. The molecule has 0 saturated heterocycles. The Balaban J connectivity index is 1.62. The average molecular weight is 326 g/mol. The predicted octanol–water partition coefficient (Wildman–Crippen LogP) is 0.685. The smallest absolute Gasteiger partial charge is 0.266 e. The molecule has 0 unspecified atom stereocenters. The molecule has 3 N–H and O–H groups in total. The third-order valence-electron chi connectivity index (χ3n) is 3.92. The van der Waals surface area contributed by atoms with Crippen molar-refractivity contribution in [2.45, 2.75) is 19.9 Å². The molecule has 0 aliphatic carbocycles. The van der Waals surface area contributed by atoms with E-state index in [2.05, 4.69) is 32.2 Å². The van der Waals surface area contributed by atoms with Gasteiger partial charge in [0, 0.05) is 35.9 Å². The minimum Gasteiger partial charge on any atom is -0.354 e. The first-order valence-corrected chi connectivity index (χ1v) is 7.67. The molecule has 0 fully saturated rings. The lowest BCUT2D eigenvalue weighted by Gasteiger charge is -2.09. The summed E-state index contributed by atoms with van der Waals surface area (Å²) in [5, 5.41) is 8.32. The number of fused-ring (bicyclic) bond motifs is 1. The monoisotopic (exact) mass is 326 g/mol. The third kappa shape index (κ3) is 3.29. The summed E-state index contributed by atoms with van der Waals surface area (Å²) in [6.07, 6.45) is -0.120. The Morgan fingerprint density at radius 2 is 1.96 bits per heavy atom. The van der Waals surface area contributed by atoms with Crippen LogP contribution in [-0.4, -0.2) is 27.2 Å². The zero-order valence-corrected chi connectivity index (χ0v) is 13.3. The molecular weight excluding hydrogens is 308 g/mol. The lowest BCUT2D eigenvalue weighted by molar-refractivity contribution is -0.120. The highest BCUT2D eigenvalue weighted by Gasteiger charge is 2.09. The first-order valence-electron chi connectivity index (χ1n) is 7.67. The van der Waals surface area contributed by atoms with Crippen molar-refractivity contribution in [1.29, 1.82) is 0 Å². The van der Waals surface area contributed by atoms with Gasteiger partial charge in [0.1, 0.15) is 0 Å². The molecule has 24 heavy (non-hydrogen) atoms. The molecule has 0 aliphatic heterocycles. The summed E-state index contributed by atoms with van der Waals surface area (Å²) in [5.74, 6) is -0.291. The Labute approximate surface area is 137 Å². The van der Waals surface area contributed by atoms with E-state index in [0.29, 0.717) is 13.1 Å². The lowest BCUT2D eigenvalue weighted by Crippen LogP contribution is -2.32. The number of hydrogen-bond acceptors (Lipinski definition) is 3. The van der Waals surface area contributed by atoms with Gasteiger partial charge in [0.15, 0.2) is 0 Å². The number of rotatable bonds is 5. The molecular formula is C17H18N4O3. The molecule has 124 valence electrons. The van der Waals surface area contributed by atoms with Gasteiger partial charge in [-0.25, -0.2) is 0 Å². The summed E-state index contributed by atoms with van der Waals surface area (Å²) < 4.78 is 2.13. The molecule has 1 amide bonds. The van der Waals surface area contributed by atoms with E-state index in [-0.39, 0.29) is 17.9 Å². The number of hydrogen-bond donors (Lipinski definition) is 3. The lowest BCUT2D eigenvalue weighted by atomic mass is 10.2. The topological polar surface area (TPSA) is 99.8 Å². The number of carbonyl (C=O) groups excluding carboxylic acids is 1. The summed E-state index contributed by atoms with van der Waals surface area (Å²) in [6.45, 7) is 3.11. The number of aromatic amines is 2. The Morgan fingerprint density at radius 3 is 2.79 bits per heavy atom. The second-order valence-electron chi connectivity index (χ2n) is 5.64. The van der Waals surface area contributed by atoms with Crippen LogP contribution in [0.1, 0.15) is 11.3 Å². The van der Waals surface area contributed by atoms with E-state index in [4.69, 9.17) is 0 Å². The summed E-state index contributed by atoms with van der Waals surface area (Å²) in [7, 11) is 0. The predicted molar refractivity (Wildman–Crippen MR) is 91.1 cm³/mol. The number of benzene rings is 1. The van der Waals surface area contributed by atoms with Crippen LogP contribution in [-0.2, 0) is 17.8 Å². The van der Waals surface area contributed by atoms with E-state index in [0.717, 1.165) is 22.7 Å². The number of aryl methyl sites for hydroxylation is 1. The van der Waals surface area contributed by atoms with Crippen LogP contribution in [0.4, 0.5) is 0 Å². The third-order valence-corrected chi connectivity index (χ3v) is 3.92. The highest BCUT2D eigenvalue weighted by molar-refractivity contribution is 5.81. The standard InChI is InChI=1S/C17H18N4O3/c1-11-8-12-4-2-3-5-14(12)21(11)7-6-18-15(22)9-13-10-16(23)19-20-17(13)24/h2-5,8,10H,6-7,9H2,1H3,(H,18,22)(H,19,23)(H,20,24). The van der Waals surface area contributed by atoms with Crippen molar-refractivity contribution in [3.05, 3.63) is 68.4 Å². The molecule has 2 heterocycles. The number of aromatic nitrogens is 3. The molecule has 7 nitrogen and oxygen atoms in total. The average Bonchev–Trinajstić information content (AvgIpc) is 2.87. The van der Waals surface area contributed by atoms with Crippen molar-refractivity contribution in [1.82, 2.24) is 20.1 Å². The van der Waals surface area contributed by atoms with Crippen LogP contribution in [0, 0.1) is 6.92 Å². The number of amides is 1. The van der Waals surface area contributed by atoms with Crippen molar-refractivity contribution in [2.75, 3.05) is 6.54 Å². The van der Waals surface area contributed by atoms with E-state index >= 15 is 0 Å². The fourth-order valence-corrected chi connectivity index (χ4v) is 2.78. The molecule has 1 aromatic carbocycles. The maximum atomic E-state index is 12.0. The van der Waals surface area contributed by atoms with Gasteiger partial charge >= 0.3 is 0 Å². The quantitative estimate of drug-likeness (QED) is 0.643. The van der Waals surface area contributed by atoms with E-state index in [1.54, 1.807) is 0 Å². The second kappa shape index (κ2) is 6.57. The van der Waals surface area contributed by atoms with Crippen LogP contribution in [0.25, 0.3) is 10.9 Å². The van der Waals surface area contributed by atoms with Crippen LogP contribution < -0.4 is 16.4 Å². The molecule has 0 radical (unpaired) electrons. The fourth-order valence-electron chi connectivity index (χ4n) is 2.78. The SMILES string of the molecule is Cc1cc2ccccc2n1CCNC(=O)Cc1cc(=O)[nH][nH]c1=O. The molecule has 0 aliphatic rings. The zero-order chi connectivity index (χ0) is 17.1. The highest BCUT2D eigenvalue weighted by Crippen LogP contribution is 2.18. The molecule has 0 atom stereocenters. The molecule has 2 aromatic heterocycles. The van der Waals surface area contributed by atoms with Crippen molar-refractivity contribution in [2.24, 2.45) is 0 Å². The van der Waals surface area contributed by atoms with Crippen LogP contribution in [0.2, 0.25) is 0 Å². The number of H-pyrrole nitrogens is 2. The Bertz CT molecular complexity index is 997. The largest absolute Gasteiger partial charge is 0.354 e. The van der Waals surface area contributed by atoms with E-state index in [1.165, 1.54) is 0 Å². The number of para-hydroxylation sites is 1.